The van der Waals surface area contributed by atoms with E-state index in [1.807, 2.05) is 27.7 Å². The minimum Gasteiger partial charge on any atom is -0.492 e. The van der Waals surface area contributed by atoms with Crippen LogP contribution in [-0.4, -0.2) is 66.7 Å². The van der Waals surface area contributed by atoms with Crippen molar-refractivity contribution in [1.29, 1.82) is 0 Å². The Morgan fingerprint density at radius 1 is 1.23 bits per heavy atom. The van der Waals surface area contributed by atoms with Gasteiger partial charge in [0.1, 0.15) is 17.1 Å². The monoisotopic (exact) mass is 496 g/mol. The second-order valence-corrected chi connectivity index (χ2v) is 9.02. The number of alkyl halides is 3. The smallest absolute Gasteiger partial charge is 0.492 e. The molecule has 1 aromatic rings. The van der Waals surface area contributed by atoms with Crippen molar-refractivity contribution in [3.8, 4) is 11.5 Å². The van der Waals surface area contributed by atoms with Crippen LogP contribution < -0.4 is 9.47 Å². The maximum atomic E-state index is 12.4. The zero-order valence-corrected chi connectivity index (χ0v) is 19.2. The van der Waals surface area contributed by atoms with Crippen LogP contribution in [0.25, 0.3) is 0 Å². The fourth-order valence-electron chi connectivity index (χ4n) is 3.09. The highest BCUT2D eigenvalue weighted by Gasteiger charge is 2.32. The van der Waals surface area contributed by atoms with Gasteiger partial charge in [0.2, 0.25) is 0 Å². The zero-order valence-electron chi connectivity index (χ0n) is 17.6. The van der Waals surface area contributed by atoms with Crippen LogP contribution in [0.15, 0.2) is 22.7 Å². The molecule has 10 heteroatoms. The normalized spacial score (nSPS) is 18.3. The molecule has 0 saturated carbocycles. The van der Waals surface area contributed by atoms with Crippen molar-refractivity contribution in [2.75, 3.05) is 32.8 Å². The maximum absolute atomic E-state index is 12.4. The number of carbonyl (C=O) groups is 1. The second-order valence-electron chi connectivity index (χ2n) is 8.17. The summed E-state index contributed by atoms with van der Waals surface area (Å²) < 4.78 is 52.6. The lowest BCUT2D eigenvalue weighted by Gasteiger charge is -2.40. The molecule has 1 atom stereocenters. The van der Waals surface area contributed by atoms with Gasteiger partial charge in [0.25, 0.3) is 0 Å². The van der Waals surface area contributed by atoms with Crippen molar-refractivity contribution in [2.45, 2.75) is 52.1 Å². The fraction of sp³-hybridized carbons (Fsp3) is 0.650. The molecule has 0 bridgehead atoms. The first-order chi connectivity index (χ1) is 13.8. The van der Waals surface area contributed by atoms with Gasteiger partial charge in [-0.15, -0.1) is 13.2 Å². The number of hydrogen-bond donors (Lipinski definition) is 0. The molecule has 1 aromatic carbocycles. The van der Waals surface area contributed by atoms with E-state index in [2.05, 4.69) is 25.6 Å². The molecule has 30 heavy (non-hydrogen) atoms. The summed E-state index contributed by atoms with van der Waals surface area (Å²) in [6.07, 6.45) is -4.36. The number of halogens is 4. The molecule has 0 radical (unpaired) electrons. The molecule has 1 amide bonds. The van der Waals surface area contributed by atoms with E-state index in [-0.39, 0.29) is 17.9 Å². The minimum absolute atomic E-state index is 0.0276. The van der Waals surface area contributed by atoms with Crippen molar-refractivity contribution >= 4 is 22.0 Å². The molecule has 2 rings (SSSR count). The number of hydrogen-bond acceptors (Lipinski definition) is 5. The van der Waals surface area contributed by atoms with Gasteiger partial charge >= 0.3 is 12.5 Å². The Morgan fingerprint density at radius 2 is 1.93 bits per heavy atom. The third kappa shape index (κ3) is 8.22. The van der Waals surface area contributed by atoms with Gasteiger partial charge in [-0.05, 0) is 62.2 Å². The van der Waals surface area contributed by atoms with Crippen LogP contribution in [0.2, 0.25) is 0 Å². The number of benzene rings is 1. The lowest BCUT2D eigenvalue weighted by molar-refractivity contribution is -0.274. The molecular formula is C20H28BrF3N2O4. The topological polar surface area (TPSA) is 51.2 Å². The standard InChI is InChI=1S/C20H28BrF3N2O4/c1-14-13-25(9-10-26(14)18(27)30-19(2,3)4)8-5-11-28-17-12-15(6-7-16(17)21)29-20(22,23)24/h6-7,12,14H,5,8-11,13H2,1-4H3. The Labute approximate surface area is 183 Å². The van der Waals surface area contributed by atoms with Crippen molar-refractivity contribution in [3.63, 3.8) is 0 Å². The van der Waals surface area contributed by atoms with E-state index >= 15 is 0 Å². The number of amides is 1. The summed E-state index contributed by atoms with van der Waals surface area (Å²) in [5.74, 6) is -0.0346. The van der Waals surface area contributed by atoms with Crippen molar-refractivity contribution < 1.29 is 32.2 Å². The van der Waals surface area contributed by atoms with E-state index in [4.69, 9.17) is 9.47 Å². The van der Waals surface area contributed by atoms with Crippen molar-refractivity contribution in [1.82, 2.24) is 9.80 Å². The molecule has 1 aliphatic heterocycles. The average Bonchev–Trinajstić information content (AvgIpc) is 2.58. The van der Waals surface area contributed by atoms with Crippen LogP contribution in [0.5, 0.6) is 11.5 Å². The molecule has 1 saturated heterocycles. The predicted octanol–water partition coefficient (Wildman–Crippen LogP) is 5.06. The Hall–Kier alpha value is -1.68. The molecule has 0 N–H and O–H groups in total. The number of rotatable bonds is 6. The zero-order chi connectivity index (χ0) is 22.5. The summed E-state index contributed by atoms with van der Waals surface area (Å²) in [4.78, 5) is 16.2. The lowest BCUT2D eigenvalue weighted by Crippen LogP contribution is -2.55. The van der Waals surface area contributed by atoms with Crippen molar-refractivity contribution in [2.24, 2.45) is 0 Å². The maximum Gasteiger partial charge on any atom is 0.573 e. The van der Waals surface area contributed by atoms with Gasteiger partial charge < -0.3 is 19.1 Å². The summed E-state index contributed by atoms with van der Waals surface area (Å²) in [5, 5.41) is 0. The first-order valence-corrected chi connectivity index (χ1v) is 10.5. The molecule has 170 valence electrons. The summed E-state index contributed by atoms with van der Waals surface area (Å²) >= 11 is 3.27. The molecule has 0 spiro atoms. The predicted molar refractivity (Wildman–Crippen MR) is 110 cm³/mol. The van der Waals surface area contributed by atoms with E-state index in [0.29, 0.717) is 29.8 Å². The third-order valence-corrected chi connectivity index (χ3v) is 5.01. The Kier molecular flexibility index (Phi) is 8.27. The Balaban J connectivity index is 1.77. The average molecular weight is 497 g/mol. The van der Waals surface area contributed by atoms with E-state index in [1.165, 1.54) is 18.2 Å². The van der Waals surface area contributed by atoms with Gasteiger partial charge in [0.15, 0.2) is 0 Å². The van der Waals surface area contributed by atoms with Gasteiger partial charge in [-0.2, -0.15) is 0 Å². The largest absolute Gasteiger partial charge is 0.573 e. The molecule has 1 unspecified atom stereocenters. The Bertz CT molecular complexity index is 725. The lowest BCUT2D eigenvalue weighted by atomic mass is 10.2. The quantitative estimate of drug-likeness (QED) is 0.515. The van der Waals surface area contributed by atoms with E-state index < -0.39 is 12.0 Å². The highest BCUT2D eigenvalue weighted by atomic mass is 79.9. The van der Waals surface area contributed by atoms with Gasteiger partial charge in [0, 0.05) is 38.3 Å². The minimum atomic E-state index is -4.75. The van der Waals surface area contributed by atoms with Gasteiger partial charge in [-0.1, -0.05) is 0 Å². The first kappa shape index (κ1) is 24.6. The highest BCUT2D eigenvalue weighted by molar-refractivity contribution is 9.10. The highest BCUT2D eigenvalue weighted by Crippen LogP contribution is 2.32. The number of carbonyl (C=O) groups excluding carboxylic acids is 1. The molecule has 0 aliphatic carbocycles. The van der Waals surface area contributed by atoms with Crippen molar-refractivity contribution in [3.05, 3.63) is 22.7 Å². The fourth-order valence-corrected chi connectivity index (χ4v) is 3.45. The van der Waals surface area contributed by atoms with Gasteiger partial charge in [-0.3, -0.25) is 4.90 Å². The summed E-state index contributed by atoms with van der Waals surface area (Å²) in [6, 6.07) is 3.91. The third-order valence-electron chi connectivity index (χ3n) is 4.35. The molecule has 1 fully saturated rings. The summed E-state index contributed by atoms with van der Waals surface area (Å²) in [5.41, 5.74) is -0.526. The van der Waals surface area contributed by atoms with Crippen LogP contribution in [0.1, 0.15) is 34.1 Å². The van der Waals surface area contributed by atoms with Crippen LogP contribution >= 0.6 is 15.9 Å². The second kappa shape index (κ2) is 10.1. The molecule has 1 heterocycles. The summed E-state index contributed by atoms with van der Waals surface area (Å²) in [7, 11) is 0. The van der Waals surface area contributed by atoms with Gasteiger partial charge in [-0.25, -0.2) is 4.79 Å². The van der Waals surface area contributed by atoms with E-state index in [0.717, 1.165) is 19.6 Å². The van der Waals surface area contributed by atoms with E-state index in [1.54, 1.807) is 4.90 Å². The number of nitrogens with zero attached hydrogens (tertiary/aromatic N) is 2. The molecule has 6 nitrogen and oxygen atoms in total. The molecule has 0 aromatic heterocycles. The van der Waals surface area contributed by atoms with Crippen LogP contribution in [0.4, 0.5) is 18.0 Å². The number of piperazine rings is 1. The summed E-state index contributed by atoms with van der Waals surface area (Å²) in [6.45, 7) is 10.6. The first-order valence-electron chi connectivity index (χ1n) is 9.74. The number of ether oxygens (including phenoxy) is 3. The van der Waals surface area contributed by atoms with Crippen LogP contribution in [-0.2, 0) is 4.74 Å². The van der Waals surface area contributed by atoms with Gasteiger partial charge in [0.05, 0.1) is 11.1 Å². The Morgan fingerprint density at radius 3 is 2.53 bits per heavy atom. The SMILES string of the molecule is CC1CN(CCCOc2cc(OC(F)(F)F)ccc2Br)CCN1C(=O)OC(C)(C)C. The molecular weight excluding hydrogens is 469 g/mol. The van der Waals surface area contributed by atoms with E-state index in [9.17, 15) is 18.0 Å². The van der Waals surface area contributed by atoms with Crippen LogP contribution in [0, 0.1) is 0 Å². The van der Waals surface area contributed by atoms with Crippen LogP contribution in [0.3, 0.4) is 0 Å². The molecule has 1 aliphatic rings.